The monoisotopic (exact) mass is 1060 g/mol. The van der Waals surface area contributed by atoms with Crippen LogP contribution in [-0.2, 0) is 133 Å². The van der Waals surface area contributed by atoms with Crippen LogP contribution in [0.15, 0.2) is 0 Å². The molecule has 1 fully saturated rings. The van der Waals surface area contributed by atoms with E-state index in [0.29, 0.717) is 19.8 Å². The van der Waals surface area contributed by atoms with E-state index in [-0.39, 0.29) is 98.1 Å². The minimum absolute atomic E-state index is 0. The topological polar surface area (TPSA) is 114 Å². The Bertz CT molecular complexity index is 472. The van der Waals surface area contributed by atoms with E-state index in [9.17, 15) is 9.59 Å². The summed E-state index contributed by atoms with van der Waals surface area (Å²) in [6, 6.07) is 4.04. The molecule has 1 heterocycles. The molecule has 4 atom stereocenters. The van der Waals surface area contributed by atoms with Crippen LogP contribution in [0.3, 0.4) is 0 Å². The summed E-state index contributed by atoms with van der Waals surface area (Å²) in [4.78, 5) is 18.3. The maximum atomic E-state index is 9.17. The first kappa shape index (κ1) is 72.1. The van der Waals surface area contributed by atoms with Crippen molar-refractivity contribution in [2.24, 2.45) is 0 Å². The SMILES string of the molecule is CCO[Si](OCC)OCC.CC[SiH](O)C[SiH](O)CC.CC[SiH]1C[SiH](CC)O[Si](OC)O[Si](OC)O1.[CH2-]CCC.[CH2-]CCC.[CH2-]CCC.[Y].[Y].[Y]. The Labute approximate surface area is 399 Å². The van der Waals surface area contributed by atoms with Crippen LogP contribution in [-0.4, -0.2) is 108 Å². The fourth-order valence-corrected chi connectivity index (χ4v) is 23.0. The predicted molar refractivity (Wildman–Crippen MR) is 215 cm³/mol. The second-order valence-electron chi connectivity index (χ2n) is 10.0. The summed E-state index contributed by atoms with van der Waals surface area (Å²) in [6.45, 7) is 33.3. The van der Waals surface area contributed by atoms with Gasteiger partial charge in [0.05, 0.1) is 0 Å². The second-order valence-corrected chi connectivity index (χ2v) is 28.0. The van der Waals surface area contributed by atoms with Gasteiger partial charge in [0.15, 0.2) is 36.2 Å². The summed E-state index contributed by atoms with van der Waals surface area (Å²) in [6.07, 6.45) is 6.83. The maximum Gasteiger partial charge on any atom is 0.577 e. The molecule has 2 N–H and O–H groups in total. The fraction of sp³-hybridized carbons (Fsp3) is 0.900. The van der Waals surface area contributed by atoms with Gasteiger partial charge in [-0.1, -0.05) is 67.7 Å². The number of unbranched alkanes of at least 4 members (excludes halogenated alkanes) is 3. The Morgan fingerprint density at radius 1 is 0.620 bits per heavy atom. The van der Waals surface area contributed by atoms with Crippen molar-refractivity contribution in [2.45, 2.75) is 143 Å². The van der Waals surface area contributed by atoms with E-state index in [1.807, 2.05) is 34.6 Å². The van der Waals surface area contributed by atoms with Gasteiger partial charge in [0.1, 0.15) is 0 Å². The van der Waals surface area contributed by atoms with Crippen LogP contribution in [0.25, 0.3) is 0 Å². The fourth-order valence-electron chi connectivity index (χ4n) is 2.58. The Hall–Kier alpha value is 4.43. The van der Waals surface area contributed by atoms with Crippen LogP contribution in [0.4, 0.5) is 0 Å². The predicted octanol–water partition coefficient (Wildman–Crippen LogP) is 6.27. The van der Waals surface area contributed by atoms with Crippen molar-refractivity contribution in [3.05, 3.63) is 20.8 Å². The molecule has 1 saturated heterocycles. The van der Waals surface area contributed by atoms with Crippen LogP contribution in [0.1, 0.15) is 108 Å². The molecular weight excluding hydrogens is 984 g/mol. The first-order chi connectivity index (χ1) is 22.5. The zero-order chi connectivity index (χ0) is 37.3. The molecule has 0 bridgehead atoms. The smallest absolute Gasteiger partial charge is 0.435 e. The summed E-state index contributed by atoms with van der Waals surface area (Å²) in [7, 11) is -6.63. The van der Waals surface area contributed by atoms with Crippen molar-refractivity contribution >= 4 is 64.7 Å². The molecule has 1 aliphatic heterocycles. The number of hydrogen-bond donors (Lipinski definition) is 2. The Kier molecular flexibility index (Phi) is 90.3. The van der Waals surface area contributed by atoms with Gasteiger partial charge in [-0.25, -0.2) is 0 Å². The summed E-state index contributed by atoms with van der Waals surface area (Å²) in [5.74, 6) is 0. The zero-order valence-electron chi connectivity index (χ0n) is 34.4. The first-order valence-corrected chi connectivity index (χ1v) is 30.0. The van der Waals surface area contributed by atoms with E-state index in [2.05, 4.69) is 55.4 Å². The van der Waals surface area contributed by atoms with Gasteiger partial charge in [-0.2, -0.15) is 19.3 Å². The van der Waals surface area contributed by atoms with E-state index in [1.165, 1.54) is 19.3 Å². The first-order valence-electron chi connectivity index (χ1n) is 17.8. The van der Waals surface area contributed by atoms with Crippen molar-refractivity contribution in [2.75, 3.05) is 34.0 Å². The zero-order valence-corrected chi connectivity index (χ0v) is 50.6. The molecule has 1 aliphatic rings. The molecule has 10 nitrogen and oxygen atoms in total. The average Bonchev–Trinajstić information content (AvgIpc) is 3.09. The molecule has 298 valence electrons. The molecule has 0 aromatic heterocycles. The molecule has 0 aromatic carbocycles. The molecule has 0 aromatic rings. The Morgan fingerprint density at radius 3 is 1.08 bits per heavy atom. The molecule has 0 aliphatic carbocycles. The molecule has 0 spiro atoms. The van der Waals surface area contributed by atoms with E-state index in [4.69, 9.17) is 34.5 Å². The standard InChI is InChI=1S/C7H20O5Si4.C6H15O3Si.C5H16O2Si2.3C4H9.3Y/c1-5-13-7-14(6-2)11-16(9-4)12-15(8-3)10-13;1-4-7-10(8-5-2)9-6-3;1-3-8(6)5-9(7)4-2;3*1-3-4-2;;;/h13-14H,5-7H2,1-4H3;4-6H2,1-3H3;6-9H,3-5H2,1-2H3;3*1,3-4H2,2H3;;;/q;;;3*-1;;;. The van der Waals surface area contributed by atoms with E-state index < -0.39 is 64.7 Å². The van der Waals surface area contributed by atoms with Gasteiger partial charge in [0, 0.05) is 132 Å². The molecule has 20 heteroatoms. The number of hydrogen-bond acceptors (Lipinski definition) is 10. The van der Waals surface area contributed by atoms with Gasteiger partial charge in [-0.3, -0.25) is 0 Å². The molecule has 50 heavy (non-hydrogen) atoms. The summed E-state index contributed by atoms with van der Waals surface area (Å²) < 4.78 is 43.5. The molecular formula is C30H78O10Si7Y3-3. The summed E-state index contributed by atoms with van der Waals surface area (Å²) in [5.41, 5.74) is 1.96. The third-order valence-corrected chi connectivity index (χ3v) is 25.8. The average molecular weight is 1060 g/mol. The second kappa shape index (κ2) is 62.6. The van der Waals surface area contributed by atoms with Crippen LogP contribution in [0.2, 0.25) is 35.5 Å². The van der Waals surface area contributed by atoms with Crippen molar-refractivity contribution in [3.8, 4) is 0 Å². The normalized spacial score (nSPS) is 16.7. The maximum absolute atomic E-state index is 9.17. The van der Waals surface area contributed by atoms with Crippen LogP contribution < -0.4 is 0 Å². The van der Waals surface area contributed by atoms with Gasteiger partial charge in [-0.05, 0) is 56.3 Å². The van der Waals surface area contributed by atoms with Gasteiger partial charge < -0.3 is 64.8 Å². The van der Waals surface area contributed by atoms with Crippen LogP contribution in [0.5, 0.6) is 0 Å². The molecule has 0 amide bonds. The van der Waals surface area contributed by atoms with Crippen molar-refractivity contribution < 1.29 is 142 Å². The molecule has 4 unspecified atom stereocenters. The summed E-state index contributed by atoms with van der Waals surface area (Å²) in [5, 5.41) is 0. The van der Waals surface area contributed by atoms with E-state index in [0.717, 1.165) is 54.8 Å². The Balaban J connectivity index is -0.0000000760. The van der Waals surface area contributed by atoms with Crippen LogP contribution in [0, 0.1) is 20.8 Å². The van der Waals surface area contributed by atoms with Crippen molar-refractivity contribution in [3.63, 3.8) is 0 Å². The third kappa shape index (κ3) is 59.1. The minimum atomic E-state index is -1.62. The van der Waals surface area contributed by atoms with Gasteiger partial charge in [-0.15, -0.1) is 0 Å². The van der Waals surface area contributed by atoms with Gasteiger partial charge in [0.25, 0.3) is 0 Å². The van der Waals surface area contributed by atoms with Crippen molar-refractivity contribution in [1.82, 2.24) is 0 Å². The van der Waals surface area contributed by atoms with Gasteiger partial charge >= 0.3 is 28.6 Å². The quantitative estimate of drug-likeness (QED) is 0.128. The van der Waals surface area contributed by atoms with E-state index in [1.54, 1.807) is 14.2 Å². The van der Waals surface area contributed by atoms with Gasteiger partial charge in [0.2, 0.25) is 0 Å². The molecule has 1 rings (SSSR count). The molecule has 0 saturated carbocycles. The number of rotatable bonds is 17. The van der Waals surface area contributed by atoms with E-state index >= 15 is 0 Å². The summed E-state index contributed by atoms with van der Waals surface area (Å²) >= 11 is 0. The molecule has 6 radical (unpaired) electrons. The third-order valence-electron chi connectivity index (χ3n) is 5.80. The van der Waals surface area contributed by atoms with Crippen LogP contribution >= 0.6 is 0 Å². The minimum Gasteiger partial charge on any atom is -0.435 e. The largest absolute Gasteiger partial charge is 0.577 e. The van der Waals surface area contributed by atoms with Crippen molar-refractivity contribution in [1.29, 1.82) is 0 Å². The Morgan fingerprint density at radius 2 is 0.900 bits per heavy atom.